The van der Waals surface area contributed by atoms with Gasteiger partial charge in [0.15, 0.2) is 0 Å². The van der Waals surface area contributed by atoms with Crippen LogP contribution in [0.2, 0.25) is 0 Å². The van der Waals surface area contributed by atoms with E-state index in [1.807, 2.05) is 0 Å². The minimum absolute atomic E-state index is 0.0530. The number of nitrogens with zero attached hydrogens (tertiary/aromatic N) is 2. The lowest BCUT2D eigenvalue weighted by Gasteiger charge is -2.42. The molecule has 0 bridgehead atoms. The second-order valence-corrected chi connectivity index (χ2v) is 10.5. The molecular formula is C18H20F2N2O4S2. The van der Waals surface area contributed by atoms with Gasteiger partial charge in [-0.15, -0.1) is 0 Å². The Bertz CT molecular complexity index is 968. The number of benzene rings is 2. The van der Waals surface area contributed by atoms with Crippen molar-refractivity contribution in [3.63, 3.8) is 0 Å². The Morgan fingerprint density at radius 2 is 0.964 bits per heavy atom. The molecule has 3 rings (SSSR count). The summed E-state index contributed by atoms with van der Waals surface area (Å²) in [4.78, 5) is -0.106. The van der Waals surface area contributed by atoms with Crippen LogP contribution in [0.25, 0.3) is 0 Å². The number of halogens is 2. The van der Waals surface area contributed by atoms with E-state index in [-0.39, 0.29) is 22.9 Å². The summed E-state index contributed by atoms with van der Waals surface area (Å²) < 4.78 is 80.3. The molecule has 1 heterocycles. The lowest BCUT2D eigenvalue weighted by Crippen LogP contribution is -2.59. The molecule has 1 saturated heterocycles. The summed E-state index contributed by atoms with van der Waals surface area (Å²) in [5.41, 5.74) is 0. The highest BCUT2D eigenvalue weighted by Crippen LogP contribution is 2.28. The monoisotopic (exact) mass is 430 g/mol. The van der Waals surface area contributed by atoms with E-state index in [9.17, 15) is 25.6 Å². The average Bonchev–Trinajstić information content (AvgIpc) is 2.63. The van der Waals surface area contributed by atoms with Crippen LogP contribution in [0.3, 0.4) is 0 Å². The largest absolute Gasteiger partial charge is 0.243 e. The normalized spacial score (nSPS) is 22.3. The van der Waals surface area contributed by atoms with Crippen molar-refractivity contribution in [2.45, 2.75) is 35.7 Å². The minimum atomic E-state index is -3.90. The molecule has 0 aliphatic carbocycles. The molecule has 2 aromatic rings. The van der Waals surface area contributed by atoms with Crippen LogP contribution in [-0.4, -0.2) is 50.6 Å². The zero-order valence-electron chi connectivity index (χ0n) is 15.3. The number of hydrogen-bond acceptors (Lipinski definition) is 4. The SMILES string of the molecule is C[C@@H]1CN(S(=O)(=O)c2ccc(F)cc2)[C@@H](C)CN1S(=O)(=O)c1ccc(F)cc1. The Labute approximate surface area is 163 Å². The van der Waals surface area contributed by atoms with E-state index in [1.54, 1.807) is 13.8 Å². The third-order valence-electron chi connectivity index (χ3n) is 4.71. The van der Waals surface area contributed by atoms with Crippen molar-refractivity contribution in [3.8, 4) is 0 Å². The van der Waals surface area contributed by atoms with Gasteiger partial charge < -0.3 is 0 Å². The summed E-state index contributed by atoms with van der Waals surface area (Å²) in [6.07, 6.45) is 0. The van der Waals surface area contributed by atoms with Crippen LogP contribution in [-0.2, 0) is 20.0 Å². The zero-order chi connectivity index (χ0) is 20.7. The number of rotatable bonds is 4. The molecule has 1 aliphatic heterocycles. The first kappa shape index (κ1) is 20.8. The van der Waals surface area contributed by atoms with Crippen LogP contribution in [0.15, 0.2) is 58.3 Å². The van der Waals surface area contributed by atoms with Gasteiger partial charge in [-0.1, -0.05) is 0 Å². The Morgan fingerprint density at radius 1 is 0.679 bits per heavy atom. The van der Waals surface area contributed by atoms with Gasteiger partial charge in [0.05, 0.1) is 9.79 Å². The second-order valence-electron chi connectivity index (χ2n) is 6.76. The molecule has 0 unspecified atom stereocenters. The van der Waals surface area contributed by atoms with Gasteiger partial charge in [-0.05, 0) is 62.4 Å². The van der Waals surface area contributed by atoms with Gasteiger partial charge in [0.25, 0.3) is 0 Å². The standard InChI is InChI=1S/C18H20F2N2O4S2/c1-13-11-22(28(25,26)18-9-5-16(20)6-10-18)14(2)12-21(13)27(23,24)17-7-3-15(19)4-8-17/h3-10,13-14H,11-12H2,1-2H3/t13-,14+. The first-order valence-electron chi connectivity index (χ1n) is 8.58. The van der Waals surface area contributed by atoms with Gasteiger partial charge >= 0.3 is 0 Å². The highest BCUT2D eigenvalue weighted by atomic mass is 32.2. The molecule has 1 fully saturated rings. The molecule has 1 aliphatic rings. The lowest BCUT2D eigenvalue weighted by molar-refractivity contribution is 0.163. The molecule has 2 atom stereocenters. The predicted molar refractivity (Wildman–Crippen MR) is 99.5 cm³/mol. The van der Waals surface area contributed by atoms with Crippen LogP contribution < -0.4 is 0 Å². The molecule has 0 N–H and O–H groups in total. The fourth-order valence-corrected chi connectivity index (χ4v) is 6.62. The fourth-order valence-electron chi connectivity index (χ4n) is 3.22. The van der Waals surface area contributed by atoms with Crippen molar-refractivity contribution in [2.75, 3.05) is 13.1 Å². The van der Waals surface area contributed by atoms with Crippen LogP contribution in [0, 0.1) is 11.6 Å². The van der Waals surface area contributed by atoms with E-state index in [4.69, 9.17) is 0 Å². The summed E-state index contributed by atoms with van der Waals surface area (Å²) >= 11 is 0. The molecule has 0 spiro atoms. The highest BCUT2D eigenvalue weighted by Gasteiger charge is 2.41. The van der Waals surface area contributed by atoms with Crippen LogP contribution >= 0.6 is 0 Å². The number of sulfonamides is 2. The van der Waals surface area contributed by atoms with Gasteiger partial charge in [0, 0.05) is 25.2 Å². The topological polar surface area (TPSA) is 74.8 Å². The summed E-state index contributed by atoms with van der Waals surface area (Å²) in [6, 6.07) is 7.72. The van der Waals surface area contributed by atoms with E-state index in [0.717, 1.165) is 24.3 Å². The van der Waals surface area contributed by atoms with Crippen molar-refractivity contribution in [2.24, 2.45) is 0 Å². The Kier molecular flexibility index (Phi) is 5.59. The van der Waals surface area contributed by atoms with Gasteiger partial charge in [-0.3, -0.25) is 0 Å². The first-order valence-corrected chi connectivity index (χ1v) is 11.5. The van der Waals surface area contributed by atoms with E-state index in [1.165, 1.54) is 32.9 Å². The van der Waals surface area contributed by atoms with Crippen LogP contribution in [0.5, 0.6) is 0 Å². The molecule has 6 nitrogen and oxygen atoms in total. The molecule has 2 aromatic carbocycles. The molecular weight excluding hydrogens is 410 g/mol. The molecule has 10 heteroatoms. The lowest BCUT2D eigenvalue weighted by atomic mass is 10.2. The number of hydrogen-bond donors (Lipinski definition) is 0. The molecule has 0 aromatic heterocycles. The maximum absolute atomic E-state index is 13.1. The summed E-state index contributed by atoms with van der Waals surface area (Å²) in [6.45, 7) is 3.11. The van der Waals surface area contributed by atoms with Crippen molar-refractivity contribution < 1.29 is 25.6 Å². The van der Waals surface area contributed by atoms with Crippen molar-refractivity contribution >= 4 is 20.0 Å². The van der Waals surface area contributed by atoms with Crippen molar-refractivity contribution in [1.82, 2.24) is 8.61 Å². The zero-order valence-corrected chi connectivity index (χ0v) is 16.9. The smallest absolute Gasteiger partial charge is 0.207 e. The Balaban J connectivity index is 1.88. The van der Waals surface area contributed by atoms with Gasteiger partial charge in [0.2, 0.25) is 20.0 Å². The predicted octanol–water partition coefficient (Wildman–Crippen LogP) is 2.44. The van der Waals surface area contributed by atoms with E-state index in [2.05, 4.69) is 0 Å². The quantitative estimate of drug-likeness (QED) is 0.747. The fraction of sp³-hybridized carbons (Fsp3) is 0.333. The van der Waals surface area contributed by atoms with E-state index in [0.29, 0.717) is 0 Å². The van der Waals surface area contributed by atoms with Crippen molar-refractivity contribution in [3.05, 3.63) is 60.2 Å². The second kappa shape index (κ2) is 7.51. The Hall–Kier alpha value is -1.88. The molecule has 0 saturated carbocycles. The minimum Gasteiger partial charge on any atom is -0.207 e. The maximum Gasteiger partial charge on any atom is 0.243 e. The van der Waals surface area contributed by atoms with E-state index >= 15 is 0 Å². The highest BCUT2D eigenvalue weighted by molar-refractivity contribution is 7.89. The van der Waals surface area contributed by atoms with Crippen molar-refractivity contribution in [1.29, 1.82) is 0 Å². The summed E-state index contributed by atoms with van der Waals surface area (Å²) in [5, 5.41) is 0. The summed E-state index contributed by atoms with van der Waals surface area (Å²) in [5.74, 6) is -1.09. The maximum atomic E-state index is 13.1. The third kappa shape index (κ3) is 3.82. The molecule has 0 amide bonds. The van der Waals surface area contributed by atoms with Gasteiger partial charge in [0.1, 0.15) is 11.6 Å². The average molecular weight is 430 g/mol. The van der Waals surface area contributed by atoms with Gasteiger partial charge in [-0.2, -0.15) is 8.61 Å². The number of piperazine rings is 1. The molecule has 152 valence electrons. The van der Waals surface area contributed by atoms with E-state index < -0.39 is 43.8 Å². The van der Waals surface area contributed by atoms with Gasteiger partial charge in [-0.25, -0.2) is 25.6 Å². The summed E-state index contributed by atoms with van der Waals surface area (Å²) in [7, 11) is -7.81. The molecule has 28 heavy (non-hydrogen) atoms. The third-order valence-corrected chi connectivity index (χ3v) is 8.70. The Morgan fingerprint density at radius 3 is 1.25 bits per heavy atom. The van der Waals surface area contributed by atoms with Crippen LogP contribution in [0.1, 0.15) is 13.8 Å². The molecule has 0 radical (unpaired) electrons. The van der Waals surface area contributed by atoms with Crippen LogP contribution in [0.4, 0.5) is 8.78 Å². The first-order chi connectivity index (χ1) is 13.0.